The van der Waals surface area contributed by atoms with Crippen LogP contribution in [-0.2, 0) is 19.1 Å². The van der Waals surface area contributed by atoms with Gasteiger partial charge in [0.15, 0.2) is 0 Å². The summed E-state index contributed by atoms with van der Waals surface area (Å²) < 4.78 is 9.99. The molecule has 1 saturated heterocycles. The van der Waals surface area contributed by atoms with Gasteiger partial charge < -0.3 is 14.4 Å². The lowest BCUT2D eigenvalue weighted by molar-refractivity contribution is -0.222. The zero-order chi connectivity index (χ0) is 13.2. The van der Waals surface area contributed by atoms with Crippen LogP contribution in [0.25, 0.3) is 0 Å². The van der Waals surface area contributed by atoms with Gasteiger partial charge in [-0.25, -0.2) is 9.59 Å². The summed E-state index contributed by atoms with van der Waals surface area (Å²) in [5.41, 5.74) is 0.464. The third kappa shape index (κ3) is 3.34. The van der Waals surface area contributed by atoms with Crippen molar-refractivity contribution < 1.29 is 19.1 Å². The van der Waals surface area contributed by atoms with Gasteiger partial charge in [-0.05, 0) is 24.8 Å². The summed E-state index contributed by atoms with van der Waals surface area (Å²) in [6, 6.07) is 0. The van der Waals surface area contributed by atoms with Crippen molar-refractivity contribution >= 4 is 11.9 Å². The Bertz CT molecular complexity index is 383. The van der Waals surface area contributed by atoms with E-state index in [0.717, 1.165) is 0 Å². The Balaban J connectivity index is 3.02. The topological polar surface area (TPSA) is 55.8 Å². The van der Waals surface area contributed by atoms with Gasteiger partial charge in [0.1, 0.15) is 5.57 Å². The van der Waals surface area contributed by atoms with Crippen molar-refractivity contribution in [1.29, 1.82) is 0 Å². The molecule has 0 N–H and O–H groups in total. The number of carbonyl (C=O) groups excluding carboxylic acids is 2. The van der Waals surface area contributed by atoms with Crippen molar-refractivity contribution in [3.63, 3.8) is 0 Å². The van der Waals surface area contributed by atoms with E-state index in [4.69, 9.17) is 9.47 Å². The average Bonchev–Trinajstić information content (AvgIpc) is 2.11. The Morgan fingerprint density at radius 2 is 1.65 bits per heavy atom. The lowest BCUT2D eigenvalue weighted by Gasteiger charge is -2.30. The second-order valence-electron chi connectivity index (χ2n) is 4.52. The van der Waals surface area contributed by atoms with Crippen molar-refractivity contribution in [2.45, 2.75) is 26.6 Å². The number of esters is 2. The highest BCUT2D eigenvalue weighted by atomic mass is 16.7. The highest BCUT2D eigenvalue weighted by molar-refractivity contribution is 6.16. The zero-order valence-electron chi connectivity index (χ0n) is 10.7. The highest BCUT2D eigenvalue weighted by Crippen LogP contribution is 2.24. The molecule has 1 heterocycles. The largest absolute Gasteiger partial charge is 0.419 e. The lowest BCUT2D eigenvalue weighted by Crippen LogP contribution is -2.42. The van der Waals surface area contributed by atoms with Crippen LogP contribution in [0, 0.1) is 0 Å². The van der Waals surface area contributed by atoms with E-state index in [0.29, 0.717) is 5.57 Å². The molecule has 1 rings (SSSR count). The standard InChI is InChI=1S/C12H17NO4/c1-8(6-7-13(4)5)9-10(14)16-12(2,3)17-11(9)15/h6-7H,1-5H3/b7-6+. The predicted octanol–water partition coefficient (Wildman–Crippen LogP) is 1.21. The molecule has 94 valence electrons. The Morgan fingerprint density at radius 1 is 1.18 bits per heavy atom. The summed E-state index contributed by atoms with van der Waals surface area (Å²) in [6.45, 7) is 4.70. The summed E-state index contributed by atoms with van der Waals surface area (Å²) in [5.74, 6) is -2.48. The minimum atomic E-state index is -1.19. The van der Waals surface area contributed by atoms with Gasteiger partial charge in [0.25, 0.3) is 5.79 Å². The van der Waals surface area contributed by atoms with Gasteiger partial charge in [0, 0.05) is 27.9 Å². The Morgan fingerprint density at radius 3 is 2.06 bits per heavy atom. The molecule has 1 aliphatic heterocycles. The lowest BCUT2D eigenvalue weighted by atomic mass is 10.1. The van der Waals surface area contributed by atoms with Gasteiger partial charge in [0.2, 0.25) is 0 Å². The number of carbonyl (C=O) groups is 2. The molecule has 0 atom stereocenters. The summed E-state index contributed by atoms with van der Waals surface area (Å²) in [5, 5.41) is 0. The van der Waals surface area contributed by atoms with Crippen molar-refractivity contribution in [3.8, 4) is 0 Å². The normalized spacial score (nSPS) is 19.0. The van der Waals surface area contributed by atoms with Crippen molar-refractivity contribution in [2.75, 3.05) is 14.1 Å². The van der Waals surface area contributed by atoms with E-state index in [1.165, 1.54) is 13.8 Å². The molecule has 0 bridgehead atoms. The number of ether oxygens (including phenoxy) is 2. The van der Waals surface area contributed by atoms with Gasteiger partial charge in [0.05, 0.1) is 0 Å². The molecular weight excluding hydrogens is 222 g/mol. The van der Waals surface area contributed by atoms with Crippen LogP contribution < -0.4 is 0 Å². The van der Waals surface area contributed by atoms with Gasteiger partial charge in [-0.15, -0.1) is 0 Å². The molecule has 0 spiro atoms. The molecule has 0 saturated carbocycles. The van der Waals surface area contributed by atoms with Crippen molar-refractivity contribution in [2.24, 2.45) is 0 Å². The van der Waals surface area contributed by atoms with Crippen LogP contribution in [0.5, 0.6) is 0 Å². The number of rotatable bonds is 2. The first-order valence-corrected chi connectivity index (χ1v) is 5.25. The summed E-state index contributed by atoms with van der Waals surface area (Å²) >= 11 is 0. The van der Waals surface area contributed by atoms with Gasteiger partial charge in [-0.3, -0.25) is 0 Å². The molecule has 0 aromatic heterocycles. The Hall–Kier alpha value is -1.78. The van der Waals surface area contributed by atoms with E-state index < -0.39 is 17.7 Å². The van der Waals surface area contributed by atoms with Crippen molar-refractivity contribution in [1.82, 2.24) is 4.90 Å². The first-order valence-electron chi connectivity index (χ1n) is 5.25. The summed E-state index contributed by atoms with van der Waals surface area (Å²) in [7, 11) is 3.68. The minimum Gasteiger partial charge on any atom is -0.419 e. The third-order valence-electron chi connectivity index (χ3n) is 2.10. The minimum absolute atomic E-state index is 0.0533. The van der Waals surface area contributed by atoms with Crippen LogP contribution in [0.2, 0.25) is 0 Å². The van der Waals surface area contributed by atoms with Crippen LogP contribution in [0.15, 0.2) is 23.4 Å². The first kappa shape index (κ1) is 13.3. The molecule has 5 nitrogen and oxygen atoms in total. The SMILES string of the molecule is CC(/C=C/N(C)C)=C1C(=O)OC(C)(C)OC1=O. The van der Waals surface area contributed by atoms with Crippen LogP contribution in [0.4, 0.5) is 0 Å². The molecule has 17 heavy (non-hydrogen) atoms. The number of nitrogens with zero attached hydrogens (tertiary/aromatic N) is 1. The monoisotopic (exact) mass is 239 g/mol. The van der Waals surface area contributed by atoms with E-state index in [-0.39, 0.29) is 5.57 Å². The van der Waals surface area contributed by atoms with Crippen molar-refractivity contribution in [3.05, 3.63) is 23.4 Å². The smallest absolute Gasteiger partial charge is 0.349 e. The molecule has 1 fully saturated rings. The zero-order valence-corrected chi connectivity index (χ0v) is 10.7. The molecule has 5 heteroatoms. The van der Waals surface area contributed by atoms with Gasteiger partial charge >= 0.3 is 11.9 Å². The third-order valence-corrected chi connectivity index (χ3v) is 2.10. The van der Waals surface area contributed by atoms with Crippen LogP contribution >= 0.6 is 0 Å². The second kappa shape index (κ2) is 4.61. The number of hydrogen-bond donors (Lipinski definition) is 0. The van der Waals surface area contributed by atoms with Gasteiger partial charge in [-0.2, -0.15) is 0 Å². The summed E-state index contributed by atoms with van der Waals surface area (Å²) in [4.78, 5) is 25.2. The highest BCUT2D eigenvalue weighted by Gasteiger charge is 2.39. The van der Waals surface area contributed by atoms with Crippen LogP contribution in [-0.4, -0.2) is 36.7 Å². The molecule has 1 aliphatic rings. The number of allylic oxidation sites excluding steroid dienone is 2. The molecule has 0 unspecified atom stereocenters. The van der Waals surface area contributed by atoms with E-state index >= 15 is 0 Å². The molecule has 0 radical (unpaired) electrons. The van der Waals surface area contributed by atoms with Gasteiger partial charge in [-0.1, -0.05) is 0 Å². The van der Waals surface area contributed by atoms with Crippen LogP contribution in [0.1, 0.15) is 20.8 Å². The molecule has 0 aliphatic carbocycles. The fourth-order valence-corrected chi connectivity index (χ4v) is 1.32. The maximum atomic E-state index is 11.7. The Labute approximate surface area is 101 Å². The molecule has 0 aromatic carbocycles. The van der Waals surface area contributed by atoms with E-state index in [1.54, 1.807) is 24.1 Å². The first-order chi connectivity index (χ1) is 7.73. The fourth-order valence-electron chi connectivity index (χ4n) is 1.32. The van der Waals surface area contributed by atoms with Crippen LogP contribution in [0.3, 0.4) is 0 Å². The quantitative estimate of drug-likeness (QED) is 0.412. The molecule has 0 amide bonds. The number of cyclic esters (lactones) is 2. The van der Waals surface area contributed by atoms with E-state index in [9.17, 15) is 9.59 Å². The maximum absolute atomic E-state index is 11.7. The molecular formula is C12H17NO4. The average molecular weight is 239 g/mol. The fraction of sp³-hybridized carbons (Fsp3) is 0.500. The van der Waals surface area contributed by atoms with E-state index in [2.05, 4.69) is 0 Å². The summed E-state index contributed by atoms with van der Waals surface area (Å²) in [6.07, 6.45) is 3.40. The maximum Gasteiger partial charge on any atom is 0.349 e. The second-order valence-corrected chi connectivity index (χ2v) is 4.52. The molecule has 0 aromatic rings. The predicted molar refractivity (Wildman–Crippen MR) is 61.8 cm³/mol. The van der Waals surface area contributed by atoms with E-state index in [1.807, 2.05) is 14.1 Å². The Kier molecular flexibility index (Phi) is 3.60. The number of hydrogen-bond acceptors (Lipinski definition) is 5.